The number of fused-ring (bicyclic) bond motifs is 1. The van der Waals surface area contributed by atoms with Gasteiger partial charge >= 0.3 is 0 Å². The quantitative estimate of drug-likeness (QED) is 0.739. The van der Waals surface area contributed by atoms with Gasteiger partial charge in [-0.1, -0.05) is 0 Å². The van der Waals surface area contributed by atoms with Crippen LogP contribution in [-0.2, 0) is 0 Å². The maximum absolute atomic E-state index is 13.5. The molecule has 0 saturated carbocycles. The Hall–Kier alpha value is -2.69. The van der Waals surface area contributed by atoms with E-state index in [-0.39, 0.29) is 5.91 Å². The van der Waals surface area contributed by atoms with Gasteiger partial charge in [-0.2, -0.15) is 0 Å². The van der Waals surface area contributed by atoms with Crippen LogP contribution in [0.3, 0.4) is 0 Å². The smallest absolute Gasteiger partial charge is 0.272 e. The summed E-state index contributed by atoms with van der Waals surface area (Å²) in [5, 5.41) is 4.08. The Labute approximate surface area is 108 Å². The first-order valence-electron chi connectivity index (χ1n) is 5.72. The Morgan fingerprint density at radius 1 is 1.32 bits per heavy atom. The van der Waals surface area contributed by atoms with Gasteiger partial charge in [-0.05, 0) is 30.3 Å². The molecular weight excluding hydrogens is 245 g/mol. The summed E-state index contributed by atoms with van der Waals surface area (Å²) in [5.41, 5.74) is 0.850. The maximum atomic E-state index is 13.5. The number of hydrogen-bond acceptors (Lipinski definition) is 2. The van der Waals surface area contributed by atoms with Crippen LogP contribution in [0.1, 0.15) is 10.5 Å². The second kappa shape index (κ2) is 4.53. The van der Waals surface area contributed by atoms with Crippen molar-refractivity contribution in [3.63, 3.8) is 0 Å². The minimum atomic E-state index is -0.415. The van der Waals surface area contributed by atoms with Crippen LogP contribution in [0.15, 0.2) is 48.9 Å². The first-order chi connectivity index (χ1) is 9.24. The largest absolute Gasteiger partial charge is 0.357 e. The number of hydrogen-bond donors (Lipinski definition) is 2. The number of pyridine rings is 1. The lowest BCUT2D eigenvalue weighted by Crippen LogP contribution is -2.12. The summed E-state index contributed by atoms with van der Waals surface area (Å²) >= 11 is 0. The van der Waals surface area contributed by atoms with Gasteiger partial charge in [0.15, 0.2) is 0 Å². The standard InChI is InChI=1S/C14H10FN3O/c15-10-6-9-8-16-5-3-11(9)13(7-10)18-14(19)12-2-1-4-17-12/h1-8,17H,(H,18,19). The van der Waals surface area contributed by atoms with E-state index in [2.05, 4.69) is 15.3 Å². The summed E-state index contributed by atoms with van der Waals surface area (Å²) in [4.78, 5) is 18.7. The number of nitrogens with one attached hydrogen (secondary N) is 2. The topological polar surface area (TPSA) is 57.8 Å². The Morgan fingerprint density at radius 2 is 2.21 bits per heavy atom. The molecule has 3 rings (SSSR count). The van der Waals surface area contributed by atoms with Crippen molar-refractivity contribution >= 4 is 22.4 Å². The maximum Gasteiger partial charge on any atom is 0.272 e. The molecule has 1 amide bonds. The van der Waals surface area contributed by atoms with Gasteiger partial charge in [0.2, 0.25) is 0 Å². The average molecular weight is 255 g/mol. The number of halogens is 1. The molecule has 4 nitrogen and oxygen atoms in total. The van der Waals surface area contributed by atoms with Crippen LogP contribution in [0, 0.1) is 5.82 Å². The fraction of sp³-hybridized carbons (Fsp3) is 0. The normalized spacial score (nSPS) is 10.6. The third-order valence-corrected chi connectivity index (χ3v) is 2.81. The van der Waals surface area contributed by atoms with E-state index in [0.29, 0.717) is 16.8 Å². The molecule has 0 atom stereocenters. The van der Waals surface area contributed by atoms with Crippen LogP contribution in [0.25, 0.3) is 10.8 Å². The first-order valence-corrected chi connectivity index (χ1v) is 5.72. The van der Waals surface area contributed by atoms with Gasteiger partial charge < -0.3 is 10.3 Å². The molecule has 0 aliphatic heterocycles. The Kier molecular flexibility index (Phi) is 2.72. The molecule has 2 N–H and O–H groups in total. The summed E-state index contributed by atoms with van der Waals surface area (Å²) in [5.74, 6) is -0.726. The molecule has 0 radical (unpaired) electrons. The van der Waals surface area contributed by atoms with Crippen LogP contribution in [-0.4, -0.2) is 15.9 Å². The van der Waals surface area contributed by atoms with E-state index >= 15 is 0 Å². The number of H-pyrrole nitrogens is 1. The Balaban J connectivity index is 2.03. The number of rotatable bonds is 2. The summed E-state index contributed by atoms with van der Waals surface area (Å²) in [7, 11) is 0. The SMILES string of the molecule is O=C(Nc1cc(F)cc2cnccc12)c1ccc[nH]1. The van der Waals surface area contributed by atoms with Gasteiger partial charge in [0.05, 0.1) is 5.69 Å². The molecule has 0 aliphatic carbocycles. The molecule has 0 fully saturated rings. The number of carbonyl (C=O) groups is 1. The zero-order chi connectivity index (χ0) is 13.2. The molecule has 0 bridgehead atoms. The van der Waals surface area contributed by atoms with Crippen LogP contribution in [0.4, 0.5) is 10.1 Å². The lowest BCUT2D eigenvalue weighted by molar-refractivity contribution is 0.102. The van der Waals surface area contributed by atoms with Gasteiger partial charge in [0.1, 0.15) is 11.5 Å². The van der Waals surface area contributed by atoms with E-state index in [1.54, 1.807) is 36.8 Å². The summed E-state index contributed by atoms with van der Waals surface area (Å²) in [6.07, 6.45) is 4.82. The molecular formula is C14H10FN3O. The predicted molar refractivity (Wildman–Crippen MR) is 70.4 cm³/mol. The fourth-order valence-corrected chi connectivity index (χ4v) is 1.94. The molecule has 1 aromatic carbocycles. The minimum Gasteiger partial charge on any atom is -0.357 e. The second-order valence-corrected chi connectivity index (χ2v) is 4.09. The molecule has 5 heteroatoms. The van der Waals surface area contributed by atoms with Crippen molar-refractivity contribution in [2.45, 2.75) is 0 Å². The van der Waals surface area contributed by atoms with Crippen molar-refractivity contribution < 1.29 is 9.18 Å². The van der Waals surface area contributed by atoms with Crippen molar-refractivity contribution in [1.29, 1.82) is 0 Å². The highest BCUT2D eigenvalue weighted by atomic mass is 19.1. The van der Waals surface area contributed by atoms with Crippen LogP contribution in [0.2, 0.25) is 0 Å². The van der Waals surface area contributed by atoms with Gasteiger partial charge in [-0.15, -0.1) is 0 Å². The molecule has 2 aromatic heterocycles. The van der Waals surface area contributed by atoms with E-state index in [9.17, 15) is 9.18 Å². The van der Waals surface area contributed by atoms with Crippen molar-refractivity contribution in [3.05, 3.63) is 60.4 Å². The monoisotopic (exact) mass is 255 g/mol. The van der Waals surface area contributed by atoms with Gasteiger partial charge in [0.25, 0.3) is 5.91 Å². The third-order valence-electron chi connectivity index (χ3n) is 2.81. The number of aromatic nitrogens is 2. The van der Waals surface area contributed by atoms with E-state index in [1.165, 1.54) is 12.1 Å². The van der Waals surface area contributed by atoms with E-state index in [1.807, 2.05) is 0 Å². The molecule has 94 valence electrons. The number of anilines is 1. The summed E-state index contributed by atoms with van der Waals surface area (Å²) in [6, 6.07) is 7.79. The molecule has 0 saturated heterocycles. The number of aromatic amines is 1. The number of nitrogens with zero attached hydrogens (tertiary/aromatic N) is 1. The van der Waals surface area contributed by atoms with Crippen molar-refractivity contribution in [2.24, 2.45) is 0 Å². The van der Waals surface area contributed by atoms with Crippen LogP contribution < -0.4 is 5.32 Å². The molecule has 0 spiro atoms. The number of amides is 1. The van der Waals surface area contributed by atoms with Crippen molar-refractivity contribution in [1.82, 2.24) is 9.97 Å². The zero-order valence-corrected chi connectivity index (χ0v) is 9.85. The van der Waals surface area contributed by atoms with Crippen LogP contribution in [0.5, 0.6) is 0 Å². The van der Waals surface area contributed by atoms with Crippen molar-refractivity contribution in [3.8, 4) is 0 Å². The highest BCUT2D eigenvalue weighted by Gasteiger charge is 2.10. The molecule has 3 aromatic rings. The number of carbonyl (C=O) groups excluding carboxylic acids is 1. The highest BCUT2D eigenvalue weighted by Crippen LogP contribution is 2.24. The van der Waals surface area contributed by atoms with Crippen molar-refractivity contribution in [2.75, 3.05) is 5.32 Å². The first kappa shape index (κ1) is 11.4. The summed E-state index contributed by atoms with van der Waals surface area (Å²) < 4.78 is 13.5. The zero-order valence-electron chi connectivity index (χ0n) is 9.85. The van der Waals surface area contributed by atoms with Gasteiger partial charge in [-0.25, -0.2) is 4.39 Å². The van der Waals surface area contributed by atoms with E-state index in [0.717, 1.165) is 5.39 Å². The third kappa shape index (κ3) is 2.18. The minimum absolute atomic E-state index is 0.311. The lowest BCUT2D eigenvalue weighted by atomic mass is 10.1. The van der Waals surface area contributed by atoms with Crippen LogP contribution >= 0.6 is 0 Å². The van der Waals surface area contributed by atoms with E-state index < -0.39 is 5.82 Å². The Bertz CT molecular complexity index is 738. The van der Waals surface area contributed by atoms with E-state index in [4.69, 9.17) is 0 Å². The lowest BCUT2D eigenvalue weighted by Gasteiger charge is -2.08. The summed E-state index contributed by atoms with van der Waals surface area (Å²) in [6.45, 7) is 0. The average Bonchev–Trinajstić information content (AvgIpc) is 2.92. The molecule has 2 heterocycles. The molecule has 0 aliphatic rings. The number of benzene rings is 1. The molecule has 0 unspecified atom stereocenters. The van der Waals surface area contributed by atoms with Gasteiger partial charge in [0, 0.05) is 29.4 Å². The van der Waals surface area contributed by atoms with Gasteiger partial charge in [-0.3, -0.25) is 9.78 Å². The fourth-order valence-electron chi connectivity index (χ4n) is 1.94. The predicted octanol–water partition coefficient (Wildman–Crippen LogP) is 2.95. The highest BCUT2D eigenvalue weighted by molar-refractivity contribution is 6.08. The molecule has 19 heavy (non-hydrogen) atoms. The second-order valence-electron chi connectivity index (χ2n) is 4.09. The Morgan fingerprint density at radius 3 is 3.00 bits per heavy atom.